The molecule has 1 atom stereocenters. The van der Waals surface area contributed by atoms with Crippen LogP contribution in [0, 0.1) is 11.3 Å². The molecule has 0 aliphatic carbocycles. The predicted octanol–water partition coefficient (Wildman–Crippen LogP) is 2.83. The molecule has 0 spiro atoms. The Morgan fingerprint density at radius 1 is 1.13 bits per heavy atom. The Morgan fingerprint density at radius 2 is 1.95 bits per heavy atom. The molecule has 2 aliphatic heterocycles. The molecule has 0 bridgehead atoms. The number of urea groups is 1. The average molecular weight is 524 g/mol. The van der Waals surface area contributed by atoms with Crippen LogP contribution in [0.25, 0.3) is 11.3 Å². The Kier molecular flexibility index (Phi) is 6.54. The number of nitriles is 1. The van der Waals surface area contributed by atoms with Crippen LogP contribution in [-0.4, -0.2) is 44.7 Å². The first-order valence-electron chi connectivity index (χ1n) is 12.3. The summed E-state index contributed by atoms with van der Waals surface area (Å²) in [6.07, 6.45) is 3.64. The van der Waals surface area contributed by atoms with Crippen LogP contribution >= 0.6 is 0 Å². The van der Waals surface area contributed by atoms with E-state index in [1.807, 2.05) is 6.07 Å². The summed E-state index contributed by atoms with van der Waals surface area (Å²) in [4.78, 5) is 59.8. The van der Waals surface area contributed by atoms with E-state index in [9.17, 15) is 19.2 Å². The summed E-state index contributed by atoms with van der Waals surface area (Å²) >= 11 is 0. The molecule has 1 saturated heterocycles. The largest absolute Gasteiger partial charge is 0.327 e. The SMILES string of the molecule is CC(C)(NC(=O)Nc1ccc2c(c1)CN(C1CCC(=O)NC1=O)C2=O)c1cnc(-c2cccc(C#N)c2)cn1. The van der Waals surface area contributed by atoms with Crippen LogP contribution in [0.15, 0.2) is 54.9 Å². The molecule has 1 unspecified atom stereocenters. The lowest BCUT2D eigenvalue weighted by Crippen LogP contribution is -2.52. The summed E-state index contributed by atoms with van der Waals surface area (Å²) in [5.74, 6) is -1.09. The molecule has 3 aromatic rings. The van der Waals surface area contributed by atoms with Crippen molar-refractivity contribution in [2.45, 2.75) is 44.8 Å². The molecular formula is C28H25N7O4. The summed E-state index contributed by atoms with van der Waals surface area (Å²) in [5, 5.41) is 17.1. The first-order chi connectivity index (χ1) is 18.6. The summed E-state index contributed by atoms with van der Waals surface area (Å²) in [7, 11) is 0. The van der Waals surface area contributed by atoms with Gasteiger partial charge >= 0.3 is 6.03 Å². The minimum atomic E-state index is -0.862. The Balaban J connectivity index is 1.24. The molecule has 0 saturated carbocycles. The van der Waals surface area contributed by atoms with Crippen LogP contribution in [-0.2, 0) is 21.7 Å². The van der Waals surface area contributed by atoms with Crippen LogP contribution < -0.4 is 16.0 Å². The number of fused-ring (bicyclic) bond motifs is 1. The highest BCUT2D eigenvalue weighted by Gasteiger charge is 2.39. The number of hydrogen-bond donors (Lipinski definition) is 3. The van der Waals surface area contributed by atoms with Crippen molar-refractivity contribution in [1.29, 1.82) is 5.26 Å². The second-order valence-electron chi connectivity index (χ2n) is 9.96. The molecule has 0 radical (unpaired) electrons. The Bertz CT molecular complexity index is 1540. The van der Waals surface area contributed by atoms with Gasteiger partial charge < -0.3 is 15.5 Å². The number of amides is 5. The number of carbonyl (C=O) groups is 4. The Morgan fingerprint density at radius 3 is 2.67 bits per heavy atom. The molecule has 11 heteroatoms. The molecular weight excluding hydrogens is 498 g/mol. The highest BCUT2D eigenvalue weighted by Crippen LogP contribution is 2.29. The molecule has 3 heterocycles. The third kappa shape index (κ3) is 5.17. The molecule has 2 aliphatic rings. The fraction of sp³-hybridized carbons (Fsp3) is 0.250. The van der Waals surface area contributed by atoms with Crippen LogP contribution in [0.1, 0.15) is 53.9 Å². The zero-order chi connectivity index (χ0) is 27.7. The van der Waals surface area contributed by atoms with Gasteiger partial charge in [0.1, 0.15) is 6.04 Å². The van der Waals surface area contributed by atoms with E-state index in [-0.39, 0.29) is 31.2 Å². The van der Waals surface area contributed by atoms with Gasteiger partial charge in [0.2, 0.25) is 11.8 Å². The maximum atomic E-state index is 12.9. The quantitative estimate of drug-likeness (QED) is 0.434. The fourth-order valence-electron chi connectivity index (χ4n) is 4.71. The second kappa shape index (κ2) is 9.98. The van der Waals surface area contributed by atoms with Crippen LogP contribution in [0.2, 0.25) is 0 Å². The van der Waals surface area contributed by atoms with Crippen molar-refractivity contribution in [2.75, 3.05) is 5.32 Å². The van der Waals surface area contributed by atoms with E-state index in [2.05, 4.69) is 32.0 Å². The molecule has 1 fully saturated rings. The molecule has 39 heavy (non-hydrogen) atoms. The molecule has 5 rings (SSSR count). The maximum absolute atomic E-state index is 12.9. The number of imide groups is 1. The van der Waals surface area contributed by atoms with Gasteiger partial charge in [-0.15, -0.1) is 0 Å². The van der Waals surface area contributed by atoms with Crippen LogP contribution in [0.5, 0.6) is 0 Å². The standard InChI is InChI=1S/C28H25N7O4/c1-28(2,23-14-30-21(13-31-23)17-5-3-4-16(10-17)12-29)34-27(39)32-19-6-7-20-18(11-19)15-35(26(20)38)22-8-9-24(36)33-25(22)37/h3-7,10-11,13-14,22H,8-9,15H2,1-2H3,(H2,32,34,39)(H,33,36,37). The van der Waals surface area contributed by atoms with Gasteiger partial charge in [-0.1, -0.05) is 12.1 Å². The number of carbonyl (C=O) groups excluding carboxylic acids is 4. The Labute approximate surface area is 224 Å². The van der Waals surface area contributed by atoms with Gasteiger partial charge in [-0.3, -0.25) is 29.7 Å². The van der Waals surface area contributed by atoms with E-state index in [1.54, 1.807) is 62.6 Å². The van der Waals surface area contributed by atoms with E-state index in [0.29, 0.717) is 33.8 Å². The van der Waals surface area contributed by atoms with E-state index >= 15 is 0 Å². The van der Waals surface area contributed by atoms with Crippen LogP contribution in [0.4, 0.5) is 10.5 Å². The molecule has 196 valence electrons. The monoisotopic (exact) mass is 523 g/mol. The number of aromatic nitrogens is 2. The summed E-state index contributed by atoms with van der Waals surface area (Å²) < 4.78 is 0. The zero-order valence-corrected chi connectivity index (χ0v) is 21.3. The number of benzene rings is 2. The topological polar surface area (TPSA) is 157 Å². The summed E-state index contributed by atoms with van der Waals surface area (Å²) in [5.41, 5.74) is 3.20. The lowest BCUT2D eigenvalue weighted by Gasteiger charge is -2.29. The van der Waals surface area contributed by atoms with Gasteiger partial charge in [0.05, 0.1) is 41.0 Å². The van der Waals surface area contributed by atoms with Crippen molar-refractivity contribution < 1.29 is 19.2 Å². The van der Waals surface area contributed by atoms with Gasteiger partial charge in [0, 0.05) is 29.8 Å². The van der Waals surface area contributed by atoms with E-state index in [4.69, 9.17) is 5.26 Å². The third-order valence-electron chi connectivity index (χ3n) is 6.79. The van der Waals surface area contributed by atoms with Crippen molar-refractivity contribution in [3.63, 3.8) is 0 Å². The number of hydrogen-bond acceptors (Lipinski definition) is 7. The zero-order valence-electron chi connectivity index (χ0n) is 21.3. The molecule has 5 amide bonds. The van der Waals surface area contributed by atoms with Crippen LogP contribution in [0.3, 0.4) is 0 Å². The third-order valence-corrected chi connectivity index (χ3v) is 6.79. The average Bonchev–Trinajstić information content (AvgIpc) is 3.23. The van der Waals surface area contributed by atoms with E-state index in [1.165, 1.54) is 4.90 Å². The van der Waals surface area contributed by atoms with Crippen molar-refractivity contribution in [2.24, 2.45) is 0 Å². The minimum absolute atomic E-state index is 0.181. The molecule has 11 nitrogen and oxygen atoms in total. The molecule has 2 aromatic carbocycles. The minimum Gasteiger partial charge on any atom is -0.327 e. The summed E-state index contributed by atoms with van der Waals surface area (Å²) in [6, 6.07) is 12.9. The van der Waals surface area contributed by atoms with Crippen molar-refractivity contribution in [1.82, 2.24) is 25.5 Å². The fourth-order valence-corrected chi connectivity index (χ4v) is 4.71. The van der Waals surface area contributed by atoms with Crippen molar-refractivity contribution in [3.05, 3.63) is 77.2 Å². The smallest absolute Gasteiger partial charge is 0.319 e. The van der Waals surface area contributed by atoms with E-state index in [0.717, 1.165) is 5.56 Å². The second-order valence-corrected chi connectivity index (χ2v) is 9.96. The normalized spacial score (nSPS) is 16.8. The number of piperidine rings is 1. The van der Waals surface area contributed by atoms with Crippen molar-refractivity contribution in [3.8, 4) is 17.3 Å². The molecule has 3 N–H and O–H groups in total. The van der Waals surface area contributed by atoms with Gasteiger partial charge in [-0.05, 0) is 56.2 Å². The highest BCUT2D eigenvalue weighted by atomic mass is 16.2. The van der Waals surface area contributed by atoms with Crippen molar-refractivity contribution >= 4 is 29.4 Å². The van der Waals surface area contributed by atoms with Gasteiger partial charge in [-0.2, -0.15) is 5.26 Å². The number of nitrogens with one attached hydrogen (secondary N) is 3. The maximum Gasteiger partial charge on any atom is 0.319 e. The Hall–Kier alpha value is -5.11. The number of nitrogens with zero attached hydrogens (tertiary/aromatic N) is 4. The van der Waals surface area contributed by atoms with Gasteiger partial charge in [-0.25, -0.2) is 4.79 Å². The first kappa shape index (κ1) is 25.5. The lowest BCUT2D eigenvalue weighted by atomic mass is 10.0. The van der Waals surface area contributed by atoms with Gasteiger partial charge in [0.25, 0.3) is 5.91 Å². The number of anilines is 1. The first-order valence-corrected chi connectivity index (χ1v) is 12.3. The molecule has 1 aromatic heterocycles. The lowest BCUT2D eigenvalue weighted by molar-refractivity contribution is -0.136. The van der Waals surface area contributed by atoms with E-state index < -0.39 is 23.5 Å². The summed E-state index contributed by atoms with van der Waals surface area (Å²) in [6.45, 7) is 3.81. The van der Waals surface area contributed by atoms with Gasteiger partial charge in [0.15, 0.2) is 0 Å². The number of rotatable bonds is 5. The highest BCUT2D eigenvalue weighted by molar-refractivity contribution is 6.05. The predicted molar refractivity (Wildman–Crippen MR) is 140 cm³/mol.